The third kappa shape index (κ3) is 4.79. The second-order valence-electron chi connectivity index (χ2n) is 3.15. The lowest BCUT2D eigenvalue weighted by Crippen LogP contribution is -2.33. The monoisotopic (exact) mass is 159 g/mol. The van der Waals surface area contributed by atoms with Crippen LogP contribution in [-0.2, 0) is 4.79 Å². The van der Waals surface area contributed by atoms with Crippen molar-refractivity contribution in [2.75, 3.05) is 7.05 Å². The molecular formula is C8H17NO2. The molecule has 2 N–H and O–H groups in total. The summed E-state index contributed by atoms with van der Waals surface area (Å²) in [6.45, 7) is 4.18. The van der Waals surface area contributed by atoms with Crippen LogP contribution in [0.25, 0.3) is 0 Å². The molecule has 0 saturated carbocycles. The van der Waals surface area contributed by atoms with Crippen molar-refractivity contribution in [3.05, 3.63) is 0 Å². The van der Waals surface area contributed by atoms with Crippen LogP contribution in [0.4, 0.5) is 0 Å². The fourth-order valence-corrected chi connectivity index (χ4v) is 0.891. The van der Waals surface area contributed by atoms with Gasteiger partial charge < -0.3 is 10.4 Å². The molecule has 0 radical (unpaired) electrons. The van der Waals surface area contributed by atoms with Crippen LogP contribution in [0, 0.1) is 5.92 Å². The molecule has 66 valence electrons. The first kappa shape index (κ1) is 10.4. The molecule has 11 heavy (non-hydrogen) atoms. The minimum atomic E-state index is -0.756. The summed E-state index contributed by atoms with van der Waals surface area (Å²) in [6, 6.07) is -0.377. The van der Waals surface area contributed by atoms with Crippen molar-refractivity contribution in [2.24, 2.45) is 5.92 Å². The van der Waals surface area contributed by atoms with Crippen LogP contribution >= 0.6 is 0 Å². The Bertz CT molecular complexity index is 123. The van der Waals surface area contributed by atoms with Gasteiger partial charge in [-0.05, 0) is 25.8 Å². The molecule has 0 bridgehead atoms. The maximum absolute atomic E-state index is 10.5. The average molecular weight is 159 g/mol. The summed E-state index contributed by atoms with van der Waals surface area (Å²) in [5.41, 5.74) is 0. The molecule has 3 nitrogen and oxygen atoms in total. The van der Waals surface area contributed by atoms with E-state index in [4.69, 9.17) is 5.11 Å². The van der Waals surface area contributed by atoms with Gasteiger partial charge >= 0.3 is 5.97 Å². The minimum Gasteiger partial charge on any atom is -0.480 e. The molecular weight excluding hydrogens is 142 g/mol. The van der Waals surface area contributed by atoms with Crippen molar-refractivity contribution in [1.29, 1.82) is 0 Å². The zero-order valence-corrected chi connectivity index (χ0v) is 7.42. The summed E-state index contributed by atoms with van der Waals surface area (Å²) in [5, 5.41) is 11.4. The Morgan fingerprint density at radius 2 is 2.00 bits per heavy atom. The lowest BCUT2D eigenvalue weighted by molar-refractivity contribution is -0.139. The van der Waals surface area contributed by atoms with Crippen molar-refractivity contribution >= 4 is 5.97 Å². The Labute approximate surface area is 67.8 Å². The fourth-order valence-electron chi connectivity index (χ4n) is 0.891. The Hall–Kier alpha value is -0.570. The van der Waals surface area contributed by atoms with Gasteiger partial charge in [0.15, 0.2) is 0 Å². The number of carboxylic acid groups (broad SMARTS) is 1. The van der Waals surface area contributed by atoms with E-state index in [1.54, 1.807) is 7.05 Å². The molecule has 0 aromatic carbocycles. The van der Waals surface area contributed by atoms with Gasteiger partial charge in [-0.1, -0.05) is 13.8 Å². The summed E-state index contributed by atoms with van der Waals surface area (Å²) in [5.74, 6) is -0.182. The van der Waals surface area contributed by atoms with Crippen molar-refractivity contribution in [2.45, 2.75) is 32.7 Å². The molecule has 0 aromatic heterocycles. The van der Waals surface area contributed by atoms with E-state index in [9.17, 15) is 4.79 Å². The van der Waals surface area contributed by atoms with Crippen LogP contribution in [0.3, 0.4) is 0 Å². The predicted molar refractivity (Wildman–Crippen MR) is 44.6 cm³/mol. The van der Waals surface area contributed by atoms with E-state index in [2.05, 4.69) is 19.2 Å². The highest BCUT2D eigenvalue weighted by molar-refractivity contribution is 5.73. The third-order valence-electron chi connectivity index (χ3n) is 1.68. The SMILES string of the molecule is CNC(CCC(C)C)C(=O)O. The second kappa shape index (κ2) is 5.13. The van der Waals surface area contributed by atoms with E-state index in [0.717, 1.165) is 6.42 Å². The first-order chi connectivity index (χ1) is 5.07. The molecule has 0 aromatic rings. The van der Waals surface area contributed by atoms with Crippen molar-refractivity contribution in [3.8, 4) is 0 Å². The number of rotatable bonds is 5. The maximum Gasteiger partial charge on any atom is 0.320 e. The van der Waals surface area contributed by atoms with Crippen LogP contribution in [-0.4, -0.2) is 24.2 Å². The molecule has 1 atom stereocenters. The Balaban J connectivity index is 3.61. The second-order valence-corrected chi connectivity index (χ2v) is 3.15. The summed E-state index contributed by atoms with van der Waals surface area (Å²) >= 11 is 0. The molecule has 0 heterocycles. The van der Waals surface area contributed by atoms with E-state index in [1.807, 2.05) is 0 Å². The molecule has 0 aliphatic carbocycles. The molecule has 0 saturated heterocycles. The van der Waals surface area contributed by atoms with Crippen LogP contribution < -0.4 is 5.32 Å². The molecule has 3 heteroatoms. The van der Waals surface area contributed by atoms with Crippen LogP contribution in [0.15, 0.2) is 0 Å². The van der Waals surface area contributed by atoms with E-state index in [-0.39, 0.29) is 6.04 Å². The highest BCUT2D eigenvalue weighted by atomic mass is 16.4. The van der Waals surface area contributed by atoms with Gasteiger partial charge in [0.25, 0.3) is 0 Å². The van der Waals surface area contributed by atoms with Gasteiger partial charge in [0, 0.05) is 0 Å². The average Bonchev–Trinajstić information content (AvgIpc) is 1.87. The third-order valence-corrected chi connectivity index (χ3v) is 1.68. The van der Waals surface area contributed by atoms with Gasteiger partial charge in [0.1, 0.15) is 6.04 Å². The van der Waals surface area contributed by atoms with Crippen molar-refractivity contribution in [1.82, 2.24) is 5.32 Å². The largest absolute Gasteiger partial charge is 0.480 e. The van der Waals surface area contributed by atoms with Crippen LogP contribution in [0.2, 0.25) is 0 Å². The van der Waals surface area contributed by atoms with Gasteiger partial charge in [-0.2, -0.15) is 0 Å². The quantitative estimate of drug-likeness (QED) is 0.631. The Morgan fingerprint density at radius 1 is 1.45 bits per heavy atom. The highest BCUT2D eigenvalue weighted by Crippen LogP contribution is 2.06. The summed E-state index contributed by atoms with van der Waals surface area (Å²) in [6.07, 6.45) is 1.67. The normalized spacial score (nSPS) is 13.5. The molecule has 0 rings (SSSR count). The molecule has 1 unspecified atom stereocenters. The Morgan fingerprint density at radius 3 is 2.27 bits per heavy atom. The zero-order valence-electron chi connectivity index (χ0n) is 7.42. The maximum atomic E-state index is 10.5. The lowest BCUT2D eigenvalue weighted by atomic mass is 10.0. The first-order valence-electron chi connectivity index (χ1n) is 3.98. The van der Waals surface area contributed by atoms with E-state index >= 15 is 0 Å². The number of nitrogens with one attached hydrogen (secondary N) is 1. The molecule has 0 amide bonds. The molecule has 0 spiro atoms. The predicted octanol–water partition coefficient (Wildman–Crippen LogP) is 1.10. The molecule has 0 aliphatic heterocycles. The zero-order chi connectivity index (χ0) is 8.85. The van der Waals surface area contributed by atoms with E-state index < -0.39 is 5.97 Å². The van der Waals surface area contributed by atoms with Crippen LogP contribution in [0.5, 0.6) is 0 Å². The van der Waals surface area contributed by atoms with Crippen molar-refractivity contribution in [3.63, 3.8) is 0 Å². The number of carbonyl (C=O) groups is 1. The van der Waals surface area contributed by atoms with Gasteiger partial charge in [-0.15, -0.1) is 0 Å². The molecule has 0 aliphatic rings. The highest BCUT2D eigenvalue weighted by Gasteiger charge is 2.14. The lowest BCUT2D eigenvalue weighted by Gasteiger charge is -2.11. The van der Waals surface area contributed by atoms with E-state index in [0.29, 0.717) is 12.3 Å². The number of aliphatic carboxylic acids is 1. The smallest absolute Gasteiger partial charge is 0.320 e. The minimum absolute atomic E-state index is 0.377. The summed E-state index contributed by atoms with van der Waals surface area (Å²) in [7, 11) is 1.68. The van der Waals surface area contributed by atoms with Crippen LogP contribution in [0.1, 0.15) is 26.7 Å². The first-order valence-corrected chi connectivity index (χ1v) is 3.98. The van der Waals surface area contributed by atoms with Gasteiger partial charge in [-0.3, -0.25) is 4.79 Å². The van der Waals surface area contributed by atoms with Gasteiger partial charge in [-0.25, -0.2) is 0 Å². The number of likely N-dealkylation sites (N-methyl/N-ethyl adjacent to an activating group) is 1. The molecule has 0 fully saturated rings. The Kier molecular flexibility index (Phi) is 4.86. The van der Waals surface area contributed by atoms with Crippen molar-refractivity contribution < 1.29 is 9.90 Å². The van der Waals surface area contributed by atoms with Gasteiger partial charge in [0.2, 0.25) is 0 Å². The number of hydrogen-bond donors (Lipinski definition) is 2. The fraction of sp³-hybridized carbons (Fsp3) is 0.875. The van der Waals surface area contributed by atoms with E-state index in [1.165, 1.54) is 0 Å². The standard InChI is InChI=1S/C8H17NO2/c1-6(2)4-5-7(9-3)8(10)11/h6-7,9H,4-5H2,1-3H3,(H,10,11). The summed E-state index contributed by atoms with van der Waals surface area (Å²) in [4.78, 5) is 10.5. The topological polar surface area (TPSA) is 49.3 Å². The summed E-state index contributed by atoms with van der Waals surface area (Å²) < 4.78 is 0. The van der Waals surface area contributed by atoms with Gasteiger partial charge in [0.05, 0.1) is 0 Å². The number of carboxylic acids is 1. The number of hydrogen-bond acceptors (Lipinski definition) is 2.